The Labute approximate surface area is 144 Å². The van der Waals surface area contributed by atoms with Crippen LogP contribution in [0.5, 0.6) is 0 Å². The average molecular weight is 325 g/mol. The molecule has 0 rings (SSSR count). The van der Waals surface area contributed by atoms with Gasteiger partial charge >= 0.3 is 5.97 Å². The highest BCUT2D eigenvalue weighted by molar-refractivity contribution is 5.85. The van der Waals surface area contributed by atoms with Crippen LogP contribution in [0, 0.1) is 5.92 Å². The minimum absolute atomic E-state index is 0.369. The molecule has 0 radical (unpaired) electrons. The zero-order valence-electron chi connectivity index (χ0n) is 15.7. The lowest BCUT2D eigenvalue weighted by atomic mass is 9.89. The topological polar surface area (TPSA) is 37.3 Å². The monoisotopic (exact) mass is 324 g/mol. The van der Waals surface area contributed by atoms with E-state index in [1.54, 1.807) is 0 Å². The van der Waals surface area contributed by atoms with E-state index in [0.717, 1.165) is 12.3 Å². The van der Waals surface area contributed by atoms with E-state index in [2.05, 4.69) is 20.4 Å². The summed E-state index contributed by atoms with van der Waals surface area (Å²) in [6, 6.07) is 0. The maximum Gasteiger partial charge on any atom is 0.330 e. The SMILES string of the molecule is C=C(CCCC(CCCCC)CCCCCCCCC)C(=O)O. The third-order valence-corrected chi connectivity index (χ3v) is 4.83. The molecule has 136 valence electrons. The van der Waals surface area contributed by atoms with Crippen LogP contribution in [0.2, 0.25) is 0 Å². The van der Waals surface area contributed by atoms with Crippen LogP contribution in [-0.2, 0) is 4.79 Å². The Morgan fingerprint density at radius 3 is 1.78 bits per heavy atom. The molecule has 0 aliphatic rings. The molecule has 23 heavy (non-hydrogen) atoms. The molecule has 0 aromatic rings. The van der Waals surface area contributed by atoms with Crippen LogP contribution in [0.15, 0.2) is 12.2 Å². The lowest BCUT2D eigenvalue weighted by molar-refractivity contribution is -0.132. The number of carboxylic acid groups (broad SMARTS) is 1. The third kappa shape index (κ3) is 14.5. The van der Waals surface area contributed by atoms with Gasteiger partial charge in [-0.25, -0.2) is 4.79 Å². The van der Waals surface area contributed by atoms with Crippen molar-refractivity contribution in [2.75, 3.05) is 0 Å². The number of rotatable bonds is 17. The van der Waals surface area contributed by atoms with Gasteiger partial charge in [0.2, 0.25) is 0 Å². The molecular weight excluding hydrogens is 284 g/mol. The number of hydrogen-bond acceptors (Lipinski definition) is 1. The molecule has 0 amide bonds. The summed E-state index contributed by atoms with van der Waals surface area (Å²) in [6.07, 6.45) is 19.0. The van der Waals surface area contributed by atoms with Gasteiger partial charge in [-0.1, -0.05) is 104 Å². The lowest BCUT2D eigenvalue weighted by Crippen LogP contribution is -2.04. The second kappa shape index (κ2) is 16.1. The van der Waals surface area contributed by atoms with Gasteiger partial charge in [-0.3, -0.25) is 0 Å². The second-order valence-corrected chi connectivity index (χ2v) is 7.07. The number of carbonyl (C=O) groups is 1. The maximum absolute atomic E-state index is 10.8. The van der Waals surface area contributed by atoms with Gasteiger partial charge in [0.05, 0.1) is 0 Å². The average Bonchev–Trinajstić information content (AvgIpc) is 2.53. The fourth-order valence-electron chi connectivity index (χ4n) is 3.22. The molecule has 1 unspecified atom stereocenters. The smallest absolute Gasteiger partial charge is 0.330 e. The Kier molecular flexibility index (Phi) is 15.5. The van der Waals surface area contributed by atoms with Crippen molar-refractivity contribution in [3.05, 3.63) is 12.2 Å². The maximum atomic E-state index is 10.8. The Hall–Kier alpha value is -0.790. The largest absolute Gasteiger partial charge is 0.478 e. The molecule has 0 bridgehead atoms. The molecular formula is C21H40O2. The van der Waals surface area contributed by atoms with Gasteiger partial charge in [0.1, 0.15) is 0 Å². The van der Waals surface area contributed by atoms with Gasteiger partial charge in [-0.15, -0.1) is 0 Å². The highest BCUT2D eigenvalue weighted by Gasteiger charge is 2.10. The highest BCUT2D eigenvalue weighted by Crippen LogP contribution is 2.24. The van der Waals surface area contributed by atoms with Crippen molar-refractivity contribution in [2.24, 2.45) is 5.92 Å². The predicted octanol–water partition coefficient (Wildman–Crippen LogP) is 7.13. The Morgan fingerprint density at radius 1 is 0.783 bits per heavy atom. The molecule has 1 atom stereocenters. The van der Waals surface area contributed by atoms with Crippen molar-refractivity contribution in [3.8, 4) is 0 Å². The summed E-state index contributed by atoms with van der Waals surface area (Å²) >= 11 is 0. The van der Waals surface area contributed by atoms with Crippen LogP contribution in [-0.4, -0.2) is 11.1 Å². The van der Waals surface area contributed by atoms with Gasteiger partial charge in [0.15, 0.2) is 0 Å². The normalized spacial score (nSPS) is 12.3. The van der Waals surface area contributed by atoms with Crippen molar-refractivity contribution in [1.29, 1.82) is 0 Å². The van der Waals surface area contributed by atoms with Gasteiger partial charge in [-0.05, 0) is 18.8 Å². The molecule has 1 N–H and O–H groups in total. The molecule has 2 nitrogen and oxygen atoms in total. The molecule has 2 heteroatoms. The molecule has 0 saturated carbocycles. The molecule has 0 aromatic heterocycles. The number of aliphatic carboxylic acids is 1. The first-order chi connectivity index (χ1) is 11.1. The predicted molar refractivity (Wildman–Crippen MR) is 101 cm³/mol. The van der Waals surface area contributed by atoms with Gasteiger partial charge < -0.3 is 5.11 Å². The van der Waals surface area contributed by atoms with E-state index in [1.807, 2.05) is 0 Å². The fourth-order valence-corrected chi connectivity index (χ4v) is 3.22. The molecule has 0 aliphatic carbocycles. The lowest BCUT2D eigenvalue weighted by Gasteiger charge is -2.17. The van der Waals surface area contributed by atoms with Crippen molar-refractivity contribution >= 4 is 5.97 Å². The number of unbranched alkanes of at least 4 members (excludes halogenated alkanes) is 8. The van der Waals surface area contributed by atoms with Crippen molar-refractivity contribution in [2.45, 2.75) is 110 Å². The minimum Gasteiger partial charge on any atom is -0.478 e. The molecule has 0 aromatic carbocycles. The molecule has 0 spiro atoms. The molecule has 0 saturated heterocycles. The van der Waals surface area contributed by atoms with Crippen molar-refractivity contribution < 1.29 is 9.90 Å². The molecule has 0 fully saturated rings. The van der Waals surface area contributed by atoms with Crippen molar-refractivity contribution in [1.82, 2.24) is 0 Å². The Bertz CT molecular complexity index is 296. The van der Waals surface area contributed by atoms with Crippen LogP contribution in [0.4, 0.5) is 0 Å². The standard InChI is InChI=1S/C21H40O2/c1-4-6-8-9-10-11-13-17-20(16-12-7-5-2)18-14-15-19(3)21(22)23/h20H,3-18H2,1-2H3,(H,22,23). The first-order valence-electron chi connectivity index (χ1n) is 10.0. The first-order valence-corrected chi connectivity index (χ1v) is 10.0. The van der Waals surface area contributed by atoms with Crippen molar-refractivity contribution in [3.63, 3.8) is 0 Å². The number of carboxylic acids is 1. The first kappa shape index (κ1) is 22.2. The quantitative estimate of drug-likeness (QED) is 0.228. The van der Waals surface area contributed by atoms with Crippen LogP contribution in [0.25, 0.3) is 0 Å². The zero-order chi connectivity index (χ0) is 17.3. The van der Waals surface area contributed by atoms with Gasteiger partial charge in [0, 0.05) is 5.57 Å². The van der Waals surface area contributed by atoms with Crippen LogP contribution >= 0.6 is 0 Å². The summed E-state index contributed by atoms with van der Waals surface area (Å²) in [5, 5.41) is 8.88. The van der Waals surface area contributed by atoms with E-state index < -0.39 is 5.97 Å². The summed E-state index contributed by atoms with van der Waals surface area (Å²) in [7, 11) is 0. The fraction of sp³-hybridized carbons (Fsp3) is 0.857. The molecule has 0 heterocycles. The second-order valence-electron chi connectivity index (χ2n) is 7.07. The van der Waals surface area contributed by atoms with E-state index in [0.29, 0.717) is 12.0 Å². The van der Waals surface area contributed by atoms with Crippen LogP contribution in [0.1, 0.15) is 110 Å². The van der Waals surface area contributed by atoms with Crippen LogP contribution in [0.3, 0.4) is 0 Å². The summed E-state index contributed by atoms with van der Waals surface area (Å²) in [6.45, 7) is 8.15. The van der Waals surface area contributed by atoms with E-state index in [1.165, 1.54) is 83.5 Å². The summed E-state index contributed by atoms with van der Waals surface area (Å²) in [4.78, 5) is 10.8. The summed E-state index contributed by atoms with van der Waals surface area (Å²) in [5.41, 5.74) is 0.369. The summed E-state index contributed by atoms with van der Waals surface area (Å²) < 4.78 is 0. The highest BCUT2D eigenvalue weighted by atomic mass is 16.4. The van der Waals surface area contributed by atoms with E-state index in [4.69, 9.17) is 5.11 Å². The Balaban J connectivity index is 3.85. The van der Waals surface area contributed by atoms with Crippen LogP contribution < -0.4 is 0 Å². The minimum atomic E-state index is -0.834. The van der Waals surface area contributed by atoms with E-state index in [9.17, 15) is 4.79 Å². The molecule has 0 aliphatic heterocycles. The number of hydrogen-bond donors (Lipinski definition) is 1. The summed E-state index contributed by atoms with van der Waals surface area (Å²) in [5.74, 6) is -0.0431. The van der Waals surface area contributed by atoms with E-state index >= 15 is 0 Å². The third-order valence-electron chi connectivity index (χ3n) is 4.83. The van der Waals surface area contributed by atoms with Gasteiger partial charge in [-0.2, -0.15) is 0 Å². The van der Waals surface area contributed by atoms with E-state index in [-0.39, 0.29) is 0 Å². The van der Waals surface area contributed by atoms with Gasteiger partial charge in [0.25, 0.3) is 0 Å². The zero-order valence-corrected chi connectivity index (χ0v) is 15.7. The Morgan fingerprint density at radius 2 is 1.22 bits per heavy atom.